The van der Waals surface area contributed by atoms with Crippen molar-refractivity contribution in [1.82, 2.24) is 0 Å². The third-order valence-electron chi connectivity index (χ3n) is 5.89. The summed E-state index contributed by atoms with van der Waals surface area (Å²) in [7, 11) is 0.334. The van der Waals surface area contributed by atoms with Crippen LogP contribution in [0.25, 0.3) is 10.8 Å². The zero-order valence-electron chi connectivity index (χ0n) is 18.9. The maximum Gasteiger partial charge on any atom is 0.338 e. The Morgan fingerprint density at radius 1 is 1.13 bits per heavy atom. The summed E-state index contributed by atoms with van der Waals surface area (Å²) in [4.78, 5) is 12.0. The fraction of sp³-hybridized carbons (Fsp3) is 0.480. The van der Waals surface area contributed by atoms with Gasteiger partial charge in [0.15, 0.2) is 9.52 Å². The van der Waals surface area contributed by atoms with E-state index in [4.69, 9.17) is 4.74 Å². The molecule has 0 aliphatic heterocycles. The maximum atomic E-state index is 14.7. The zero-order chi connectivity index (χ0) is 22.6. The summed E-state index contributed by atoms with van der Waals surface area (Å²) in [6.45, 7) is 15.3. The molecule has 0 saturated heterocycles. The Morgan fingerprint density at radius 2 is 1.73 bits per heavy atom. The maximum absolute atomic E-state index is 14.7. The van der Waals surface area contributed by atoms with Gasteiger partial charge in [0, 0.05) is 5.39 Å². The van der Waals surface area contributed by atoms with E-state index in [-0.39, 0.29) is 28.5 Å². The highest BCUT2D eigenvalue weighted by Gasteiger charge is 2.40. The van der Waals surface area contributed by atoms with E-state index in [0.717, 1.165) is 0 Å². The Labute approximate surface area is 181 Å². The van der Waals surface area contributed by atoms with Gasteiger partial charge in [-0.05, 0) is 53.3 Å². The van der Waals surface area contributed by atoms with E-state index in [1.165, 1.54) is 12.1 Å². The summed E-state index contributed by atoms with van der Waals surface area (Å²) in [5, 5.41) is 11.5. The quantitative estimate of drug-likeness (QED) is 0.350. The van der Waals surface area contributed by atoms with Gasteiger partial charge in [-0.3, -0.25) is 0 Å². The molecule has 2 rings (SSSR count). The molecular formula is C25H31FO3Si. The molecule has 5 heteroatoms. The van der Waals surface area contributed by atoms with Crippen molar-refractivity contribution >= 4 is 26.3 Å². The molecule has 0 aromatic heterocycles. The SMILES string of the molecule is CCOC(=O)c1cc(O)c2c(C#C[Si]C(C(C)C)(C(C)C)C(C)C)c(F)ccc2c1. The van der Waals surface area contributed by atoms with Gasteiger partial charge < -0.3 is 9.84 Å². The number of carbonyl (C=O) groups excluding carboxylic acids is 1. The molecule has 0 heterocycles. The highest BCUT2D eigenvalue weighted by Crippen LogP contribution is 2.49. The summed E-state index contributed by atoms with van der Waals surface area (Å²) >= 11 is 0. The van der Waals surface area contributed by atoms with Crippen molar-refractivity contribution in [3.63, 3.8) is 0 Å². The van der Waals surface area contributed by atoms with Gasteiger partial charge in [0.1, 0.15) is 11.6 Å². The minimum Gasteiger partial charge on any atom is -0.507 e. The molecule has 0 aliphatic carbocycles. The van der Waals surface area contributed by atoms with Crippen LogP contribution in [0.4, 0.5) is 4.39 Å². The predicted octanol–water partition coefficient (Wildman–Crippen LogP) is 6.00. The minimum atomic E-state index is -0.524. The van der Waals surface area contributed by atoms with Crippen LogP contribution < -0.4 is 0 Å². The molecule has 0 unspecified atom stereocenters. The number of fused-ring (bicyclic) bond motifs is 1. The Morgan fingerprint density at radius 3 is 2.27 bits per heavy atom. The molecule has 0 amide bonds. The van der Waals surface area contributed by atoms with Gasteiger partial charge >= 0.3 is 5.97 Å². The Kier molecular flexibility index (Phi) is 7.71. The molecule has 0 atom stereocenters. The van der Waals surface area contributed by atoms with Gasteiger partial charge in [0.05, 0.1) is 17.7 Å². The molecule has 0 saturated carbocycles. The second-order valence-electron chi connectivity index (χ2n) is 8.51. The number of esters is 1. The second kappa shape index (κ2) is 9.66. The molecule has 2 aromatic carbocycles. The number of hydrogen-bond acceptors (Lipinski definition) is 3. The molecule has 0 aliphatic rings. The van der Waals surface area contributed by atoms with Crippen molar-refractivity contribution in [1.29, 1.82) is 0 Å². The lowest BCUT2D eigenvalue weighted by Crippen LogP contribution is -2.36. The lowest BCUT2D eigenvalue weighted by Gasteiger charge is -2.43. The third kappa shape index (κ3) is 4.54. The van der Waals surface area contributed by atoms with Gasteiger partial charge in [-0.25, -0.2) is 9.18 Å². The molecule has 160 valence electrons. The number of halogens is 1. The van der Waals surface area contributed by atoms with E-state index in [2.05, 4.69) is 53.0 Å². The number of carbonyl (C=O) groups is 1. The van der Waals surface area contributed by atoms with Crippen LogP contribution in [0.5, 0.6) is 5.75 Å². The number of rotatable bonds is 6. The van der Waals surface area contributed by atoms with Crippen molar-refractivity contribution in [2.75, 3.05) is 6.61 Å². The topological polar surface area (TPSA) is 46.5 Å². The van der Waals surface area contributed by atoms with Crippen molar-refractivity contribution in [2.24, 2.45) is 17.8 Å². The van der Waals surface area contributed by atoms with Crippen LogP contribution in [0, 0.1) is 35.0 Å². The summed E-state index contributed by atoms with van der Waals surface area (Å²) in [5.74, 6) is 3.12. The molecule has 0 bridgehead atoms. The Balaban J connectivity index is 2.56. The molecule has 0 fully saturated rings. The van der Waals surface area contributed by atoms with Crippen molar-refractivity contribution in [2.45, 2.75) is 53.5 Å². The van der Waals surface area contributed by atoms with Gasteiger partial charge in [0.2, 0.25) is 0 Å². The number of phenols is 1. The molecule has 30 heavy (non-hydrogen) atoms. The summed E-state index contributed by atoms with van der Waals surface area (Å²) in [6.07, 6.45) is 0. The average Bonchev–Trinajstić information content (AvgIpc) is 2.65. The Hall–Kier alpha value is -2.32. The first-order chi connectivity index (χ1) is 14.1. The molecular weight excluding hydrogens is 395 g/mol. The first kappa shape index (κ1) is 24.0. The van der Waals surface area contributed by atoms with Gasteiger partial charge in [-0.2, -0.15) is 0 Å². The lowest BCUT2D eigenvalue weighted by atomic mass is 9.76. The number of aromatic hydroxyl groups is 1. The normalized spacial score (nSPS) is 11.8. The highest BCUT2D eigenvalue weighted by atomic mass is 28.2. The first-order valence-electron chi connectivity index (χ1n) is 10.5. The van der Waals surface area contributed by atoms with E-state index in [1.54, 1.807) is 19.1 Å². The van der Waals surface area contributed by atoms with Crippen molar-refractivity contribution < 1.29 is 19.0 Å². The van der Waals surface area contributed by atoms with Crippen LogP contribution in [-0.2, 0) is 4.74 Å². The van der Waals surface area contributed by atoms with Crippen molar-refractivity contribution in [3.8, 4) is 17.2 Å². The highest BCUT2D eigenvalue weighted by molar-refractivity contribution is 6.50. The lowest BCUT2D eigenvalue weighted by molar-refractivity contribution is 0.0526. The van der Waals surface area contributed by atoms with Crippen LogP contribution in [0.3, 0.4) is 0 Å². The monoisotopic (exact) mass is 426 g/mol. The van der Waals surface area contributed by atoms with Gasteiger partial charge in [-0.1, -0.05) is 53.5 Å². The van der Waals surface area contributed by atoms with E-state index in [1.807, 2.05) is 0 Å². The van der Waals surface area contributed by atoms with Crippen LogP contribution in [0.1, 0.15) is 64.4 Å². The molecule has 0 spiro atoms. The van der Waals surface area contributed by atoms with Crippen LogP contribution in [0.2, 0.25) is 5.04 Å². The fourth-order valence-corrected chi connectivity index (χ4v) is 5.78. The summed E-state index contributed by atoms with van der Waals surface area (Å²) in [6, 6.07) is 5.78. The van der Waals surface area contributed by atoms with Gasteiger partial charge in [0.25, 0.3) is 0 Å². The second-order valence-corrected chi connectivity index (χ2v) is 9.87. The smallest absolute Gasteiger partial charge is 0.338 e. The number of ether oxygens (including phenoxy) is 1. The molecule has 3 nitrogen and oxygen atoms in total. The van der Waals surface area contributed by atoms with E-state index >= 15 is 0 Å². The van der Waals surface area contributed by atoms with E-state index in [0.29, 0.717) is 38.0 Å². The number of phenolic OH excluding ortho intramolecular Hbond substituents is 1. The Bertz CT molecular complexity index is 962. The van der Waals surface area contributed by atoms with Crippen LogP contribution >= 0.6 is 0 Å². The predicted molar refractivity (Wildman–Crippen MR) is 121 cm³/mol. The zero-order valence-corrected chi connectivity index (χ0v) is 19.9. The minimum absolute atomic E-state index is 0.0349. The third-order valence-corrected chi connectivity index (χ3v) is 8.30. The van der Waals surface area contributed by atoms with Crippen LogP contribution in [-0.4, -0.2) is 27.2 Å². The van der Waals surface area contributed by atoms with E-state index < -0.39 is 11.8 Å². The standard InChI is InChI=1S/C25H31FO3Si/c1-8-29-24(28)19-13-18-9-10-21(26)20(23(18)22(27)14-19)11-12-30-25(15(2)3,16(4)5)17(6)7/h9-10,13-17,27H,8H2,1-7H3. The summed E-state index contributed by atoms with van der Waals surface area (Å²) < 4.78 is 19.7. The molecule has 1 N–H and O–H groups in total. The summed E-state index contributed by atoms with van der Waals surface area (Å²) in [5.41, 5.74) is 3.63. The van der Waals surface area contributed by atoms with Gasteiger partial charge in [-0.15, -0.1) is 5.54 Å². The van der Waals surface area contributed by atoms with Crippen molar-refractivity contribution in [3.05, 3.63) is 41.2 Å². The fourth-order valence-electron chi connectivity index (χ4n) is 4.51. The molecule has 2 radical (unpaired) electrons. The average molecular weight is 427 g/mol. The first-order valence-corrected chi connectivity index (χ1v) is 11.5. The van der Waals surface area contributed by atoms with E-state index in [9.17, 15) is 14.3 Å². The molecule has 2 aromatic rings. The number of benzene rings is 2. The largest absolute Gasteiger partial charge is 0.507 e. The number of hydrogen-bond donors (Lipinski definition) is 1. The van der Waals surface area contributed by atoms with Crippen LogP contribution in [0.15, 0.2) is 24.3 Å².